The summed E-state index contributed by atoms with van der Waals surface area (Å²) in [6.45, 7) is 3.73. The lowest BCUT2D eigenvalue weighted by Gasteiger charge is -2.40. The first-order valence-corrected chi connectivity index (χ1v) is 8.24. The van der Waals surface area contributed by atoms with Crippen molar-refractivity contribution in [2.24, 2.45) is 17.6 Å². The first-order valence-electron chi connectivity index (χ1n) is 8.24. The van der Waals surface area contributed by atoms with Crippen LogP contribution >= 0.6 is 0 Å². The number of ether oxygens (including phenoxy) is 1. The summed E-state index contributed by atoms with van der Waals surface area (Å²) in [5.41, 5.74) is 9.44. The molecular weight excluding hydrogens is 260 g/mol. The van der Waals surface area contributed by atoms with Gasteiger partial charge in [0.15, 0.2) is 0 Å². The van der Waals surface area contributed by atoms with Gasteiger partial charge in [-0.3, -0.25) is 0 Å². The molecule has 0 amide bonds. The van der Waals surface area contributed by atoms with E-state index < -0.39 is 0 Å². The summed E-state index contributed by atoms with van der Waals surface area (Å²) < 4.78 is 5.41. The second-order valence-corrected chi connectivity index (χ2v) is 6.82. The summed E-state index contributed by atoms with van der Waals surface area (Å²) in [6.07, 6.45) is 5.16. The summed E-state index contributed by atoms with van der Waals surface area (Å²) in [7, 11) is 1.78. The SMILES string of the molecule is COC(C)CNC1(CN)C2CCC1Cc1ccccc1C2. The predicted molar refractivity (Wildman–Crippen MR) is 86.3 cm³/mol. The molecule has 1 saturated carbocycles. The molecule has 2 aliphatic carbocycles. The number of nitrogens with two attached hydrogens (primary N) is 1. The molecule has 3 rings (SSSR count). The van der Waals surface area contributed by atoms with Crippen molar-refractivity contribution < 1.29 is 4.74 Å². The van der Waals surface area contributed by atoms with E-state index in [1.807, 2.05) is 0 Å². The van der Waals surface area contributed by atoms with E-state index in [2.05, 4.69) is 36.5 Å². The van der Waals surface area contributed by atoms with Crippen molar-refractivity contribution >= 4 is 0 Å². The average molecular weight is 288 g/mol. The fourth-order valence-electron chi connectivity index (χ4n) is 4.42. The quantitative estimate of drug-likeness (QED) is 0.872. The third-order valence-corrected chi connectivity index (χ3v) is 5.83. The van der Waals surface area contributed by atoms with Gasteiger partial charge in [0.05, 0.1) is 6.10 Å². The highest BCUT2D eigenvalue weighted by atomic mass is 16.5. The van der Waals surface area contributed by atoms with Gasteiger partial charge in [-0.15, -0.1) is 0 Å². The van der Waals surface area contributed by atoms with E-state index in [4.69, 9.17) is 10.5 Å². The van der Waals surface area contributed by atoms with Crippen LogP contribution < -0.4 is 11.1 Å². The van der Waals surface area contributed by atoms with Gasteiger partial charge in [0.1, 0.15) is 0 Å². The fraction of sp³-hybridized carbons (Fsp3) is 0.667. The predicted octanol–water partition coefficient (Wildman–Crippen LogP) is 2.13. The Labute approximate surface area is 128 Å². The fourth-order valence-corrected chi connectivity index (χ4v) is 4.42. The van der Waals surface area contributed by atoms with Crippen molar-refractivity contribution in [1.82, 2.24) is 5.32 Å². The molecule has 3 heteroatoms. The van der Waals surface area contributed by atoms with Crippen LogP contribution in [0.4, 0.5) is 0 Å². The van der Waals surface area contributed by atoms with Crippen LogP contribution in [0.2, 0.25) is 0 Å². The Kier molecular flexibility index (Phi) is 4.34. The van der Waals surface area contributed by atoms with Crippen molar-refractivity contribution in [3.05, 3.63) is 35.4 Å². The van der Waals surface area contributed by atoms with Gasteiger partial charge in [0, 0.05) is 25.7 Å². The highest BCUT2D eigenvalue weighted by Gasteiger charge is 2.50. The Morgan fingerprint density at radius 1 is 1.24 bits per heavy atom. The second kappa shape index (κ2) is 6.07. The number of fused-ring (bicyclic) bond motifs is 3. The Morgan fingerprint density at radius 2 is 1.81 bits per heavy atom. The van der Waals surface area contributed by atoms with Gasteiger partial charge in [-0.25, -0.2) is 0 Å². The topological polar surface area (TPSA) is 47.3 Å². The van der Waals surface area contributed by atoms with E-state index in [9.17, 15) is 0 Å². The van der Waals surface area contributed by atoms with Gasteiger partial charge in [0.25, 0.3) is 0 Å². The van der Waals surface area contributed by atoms with Crippen LogP contribution in [0.5, 0.6) is 0 Å². The second-order valence-electron chi connectivity index (χ2n) is 6.82. The number of rotatable bonds is 5. The van der Waals surface area contributed by atoms with E-state index in [0.29, 0.717) is 11.8 Å². The molecule has 3 atom stereocenters. The molecule has 0 aliphatic heterocycles. The van der Waals surface area contributed by atoms with Crippen molar-refractivity contribution in [2.45, 2.75) is 44.2 Å². The van der Waals surface area contributed by atoms with Gasteiger partial charge in [0.2, 0.25) is 0 Å². The lowest BCUT2D eigenvalue weighted by atomic mass is 9.78. The first-order chi connectivity index (χ1) is 10.2. The summed E-state index contributed by atoms with van der Waals surface area (Å²) in [5, 5.41) is 3.82. The Balaban J connectivity index is 1.86. The molecule has 3 unspecified atom stereocenters. The lowest BCUT2D eigenvalue weighted by Crippen LogP contribution is -2.60. The minimum atomic E-state index is 0.0891. The molecule has 0 radical (unpaired) electrons. The van der Waals surface area contributed by atoms with Crippen molar-refractivity contribution in [2.75, 3.05) is 20.2 Å². The molecule has 0 spiro atoms. The molecule has 2 aliphatic rings. The van der Waals surface area contributed by atoms with Gasteiger partial charge in [-0.05, 0) is 55.6 Å². The van der Waals surface area contributed by atoms with Crippen LogP contribution in [0.1, 0.15) is 30.9 Å². The molecule has 0 aromatic heterocycles. The zero-order valence-corrected chi connectivity index (χ0v) is 13.3. The molecule has 1 aromatic rings. The van der Waals surface area contributed by atoms with Crippen molar-refractivity contribution in [1.29, 1.82) is 0 Å². The van der Waals surface area contributed by atoms with E-state index in [-0.39, 0.29) is 11.6 Å². The molecule has 1 fully saturated rings. The largest absolute Gasteiger partial charge is 0.380 e. The first kappa shape index (κ1) is 15.0. The number of methoxy groups -OCH3 is 1. The summed E-state index contributed by atoms with van der Waals surface area (Å²) in [5.74, 6) is 1.31. The Bertz CT molecular complexity index is 455. The minimum Gasteiger partial charge on any atom is -0.380 e. The van der Waals surface area contributed by atoms with Crippen LogP contribution in [0, 0.1) is 11.8 Å². The highest BCUT2D eigenvalue weighted by molar-refractivity contribution is 5.32. The summed E-state index contributed by atoms with van der Waals surface area (Å²) in [4.78, 5) is 0. The third kappa shape index (κ3) is 2.63. The van der Waals surface area contributed by atoms with Crippen LogP contribution in [0.25, 0.3) is 0 Å². The molecule has 3 nitrogen and oxygen atoms in total. The number of hydrogen-bond donors (Lipinski definition) is 2. The highest BCUT2D eigenvalue weighted by Crippen LogP contribution is 2.46. The van der Waals surface area contributed by atoms with Gasteiger partial charge in [-0.1, -0.05) is 24.3 Å². The molecule has 21 heavy (non-hydrogen) atoms. The van der Waals surface area contributed by atoms with E-state index in [1.54, 1.807) is 7.11 Å². The van der Waals surface area contributed by atoms with Crippen molar-refractivity contribution in [3.63, 3.8) is 0 Å². The smallest absolute Gasteiger partial charge is 0.0667 e. The van der Waals surface area contributed by atoms with E-state index in [1.165, 1.54) is 24.0 Å². The van der Waals surface area contributed by atoms with E-state index in [0.717, 1.165) is 25.9 Å². The maximum atomic E-state index is 6.29. The van der Waals surface area contributed by atoms with Crippen LogP contribution in [0.15, 0.2) is 24.3 Å². The van der Waals surface area contributed by atoms with Gasteiger partial charge in [-0.2, -0.15) is 0 Å². The normalized spacial score (nSPS) is 32.5. The monoisotopic (exact) mass is 288 g/mol. The maximum absolute atomic E-state index is 6.29. The summed E-state index contributed by atoms with van der Waals surface area (Å²) in [6, 6.07) is 8.94. The van der Waals surface area contributed by atoms with E-state index >= 15 is 0 Å². The molecule has 116 valence electrons. The van der Waals surface area contributed by atoms with Gasteiger partial charge >= 0.3 is 0 Å². The number of hydrogen-bond acceptors (Lipinski definition) is 3. The number of benzene rings is 1. The minimum absolute atomic E-state index is 0.0891. The Morgan fingerprint density at radius 3 is 2.29 bits per heavy atom. The molecule has 3 N–H and O–H groups in total. The van der Waals surface area contributed by atoms with Gasteiger partial charge < -0.3 is 15.8 Å². The molecule has 0 heterocycles. The molecule has 0 saturated heterocycles. The lowest BCUT2D eigenvalue weighted by molar-refractivity contribution is 0.0929. The maximum Gasteiger partial charge on any atom is 0.0667 e. The molecular formula is C18H28N2O. The van der Waals surface area contributed by atoms with Crippen LogP contribution in [-0.2, 0) is 17.6 Å². The third-order valence-electron chi connectivity index (χ3n) is 5.83. The molecule has 2 bridgehead atoms. The van der Waals surface area contributed by atoms with Crippen LogP contribution in [-0.4, -0.2) is 31.8 Å². The zero-order chi connectivity index (χ0) is 14.9. The zero-order valence-electron chi connectivity index (χ0n) is 13.3. The Hall–Kier alpha value is -0.900. The number of nitrogens with one attached hydrogen (secondary N) is 1. The average Bonchev–Trinajstić information content (AvgIpc) is 2.75. The molecule has 1 aromatic carbocycles. The standard InChI is InChI=1S/C18H28N2O/c1-13(21-2)11-20-18(12-19)16-7-8-17(18)10-15-6-4-3-5-14(15)9-16/h3-6,13,16-17,20H,7-12,19H2,1-2H3. The summed E-state index contributed by atoms with van der Waals surface area (Å²) >= 11 is 0. The van der Waals surface area contributed by atoms with Crippen LogP contribution in [0.3, 0.4) is 0 Å². The van der Waals surface area contributed by atoms with Crippen molar-refractivity contribution in [3.8, 4) is 0 Å².